The highest BCUT2D eigenvalue weighted by molar-refractivity contribution is 5.80. The maximum atomic E-state index is 11.0. The van der Waals surface area contributed by atoms with Crippen LogP contribution in [-0.4, -0.2) is 28.6 Å². The minimum atomic E-state index is -0.859. The molecule has 1 saturated heterocycles. The summed E-state index contributed by atoms with van der Waals surface area (Å²) in [6.45, 7) is 11.1. The summed E-state index contributed by atoms with van der Waals surface area (Å²) >= 11 is 0. The summed E-state index contributed by atoms with van der Waals surface area (Å²) in [5, 5.41) is 9.00. The Labute approximate surface area is 104 Å². The van der Waals surface area contributed by atoms with Crippen molar-refractivity contribution in [3.05, 3.63) is 24.4 Å². The second kappa shape index (κ2) is 5.89. The van der Waals surface area contributed by atoms with Gasteiger partial charge in [0.1, 0.15) is 0 Å². The fraction of sp³-hybridized carbons (Fsp3) is 0.643. The van der Waals surface area contributed by atoms with Crippen LogP contribution >= 0.6 is 0 Å². The van der Waals surface area contributed by atoms with Gasteiger partial charge in [-0.25, -0.2) is 4.79 Å². The first-order valence-electron chi connectivity index (χ1n) is 6.31. The minimum absolute atomic E-state index is 0.198. The molecule has 3 atom stereocenters. The highest BCUT2D eigenvalue weighted by atomic mass is 16.4. The van der Waals surface area contributed by atoms with Gasteiger partial charge < -0.3 is 10.0 Å². The van der Waals surface area contributed by atoms with E-state index in [-0.39, 0.29) is 11.8 Å². The van der Waals surface area contributed by atoms with E-state index in [0.29, 0.717) is 6.04 Å². The predicted molar refractivity (Wildman–Crippen MR) is 69.6 cm³/mol. The van der Waals surface area contributed by atoms with Gasteiger partial charge in [-0.1, -0.05) is 19.9 Å². The van der Waals surface area contributed by atoms with Crippen LogP contribution in [0.4, 0.5) is 0 Å². The third kappa shape index (κ3) is 3.35. The zero-order valence-electron chi connectivity index (χ0n) is 11.0. The lowest BCUT2D eigenvalue weighted by atomic mass is 9.91. The van der Waals surface area contributed by atoms with Crippen LogP contribution in [0, 0.1) is 11.8 Å². The lowest BCUT2D eigenvalue weighted by Crippen LogP contribution is -2.31. The van der Waals surface area contributed by atoms with Crippen LogP contribution in [0.5, 0.6) is 0 Å². The molecule has 1 N–H and O–H groups in total. The van der Waals surface area contributed by atoms with Gasteiger partial charge in [0.2, 0.25) is 0 Å². The third-order valence-electron chi connectivity index (χ3n) is 3.78. The van der Waals surface area contributed by atoms with Gasteiger partial charge in [0.05, 0.1) is 0 Å². The van der Waals surface area contributed by atoms with E-state index >= 15 is 0 Å². The highest BCUT2D eigenvalue weighted by Crippen LogP contribution is 2.30. The van der Waals surface area contributed by atoms with E-state index in [1.165, 1.54) is 6.08 Å². The van der Waals surface area contributed by atoms with Crippen molar-refractivity contribution in [1.82, 2.24) is 4.90 Å². The smallest absolute Gasteiger partial charge is 0.330 e. The van der Waals surface area contributed by atoms with Gasteiger partial charge in [-0.2, -0.15) is 0 Å². The molecule has 0 aliphatic carbocycles. The molecular weight excluding hydrogens is 214 g/mol. The van der Waals surface area contributed by atoms with Crippen molar-refractivity contribution in [2.24, 2.45) is 11.8 Å². The van der Waals surface area contributed by atoms with Gasteiger partial charge in [0.25, 0.3) is 0 Å². The molecule has 0 aromatic heterocycles. The zero-order valence-corrected chi connectivity index (χ0v) is 11.0. The molecule has 3 heteroatoms. The Morgan fingerprint density at radius 2 is 2.18 bits per heavy atom. The molecule has 0 unspecified atom stereocenters. The zero-order chi connectivity index (χ0) is 13.0. The second-order valence-corrected chi connectivity index (χ2v) is 4.98. The minimum Gasteiger partial charge on any atom is -0.478 e. The molecular formula is C14H23NO2. The Bertz CT molecular complexity index is 322. The van der Waals surface area contributed by atoms with E-state index < -0.39 is 5.97 Å². The lowest BCUT2D eigenvalue weighted by Gasteiger charge is -2.32. The number of rotatable bonds is 5. The van der Waals surface area contributed by atoms with Gasteiger partial charge in [0, 0.05) is 30.3 Å². The van der Waals surface area contributed by atoms with E-state index in [1.54, 1.807) is 0 Å². The molecule has 3 nitrogen and oxygen atoms in total. The van der Waals surface area contributed by atoms with Crippen LogP contribution in [0.2, 0.25) is 0 Å². The number of allylic oxidation sites excluding steroid dienone is 2. The molecule has 0 amide bonds. The average molecular weight is 237 g/mol. The first-order chi connectivity index (χ1) is 7.97. The van der Waals surface area contributed by atoms with Crippen LogP contribution in [0.3, 0.4) is 0 Å². The SMILES string of the molecule is C=C[C@H](C)[C@H](C)/C(=C/C(=O)O)N1CCC[C@@H]1C. The first-order valence-corrected chi connectivity index (χ1v) is 6.31. The third-order valence-corrected chi connectivity index (χ3v) is 3.78. The lowest BCUT2D eigenvalue weighted by molar-refractivity contribution is -0.131. The van der Waals surface area contributed by atoms with Crippen LogP contribution in [0.1, 0.15) is 33.6 Å². The normalized spacial score (nSPS) is 24.5. The highest BCUT2D eigenvalue weighted by Gasteiger charge is 2.27. The molecule has 0 radical (unpaired) electrons. The standard InChI is InChI=1S/C14H23NO2/c1-5-10(2)12(4)13(9-14(16)17)15-8-6-7-11(15)3/h5,9-12H,1,6-8H2,2-4H3,(H,16,17)/b13-9-/t10-,11-,12-/m0/s1. The Morgan fingerprint density at radius 3 is 2.59 bits per heavy atom. The number of nitrogens with zero attached hydrogens (tertiary/aromatic N) is 1. The molecule has 1 aliphatic heterocycles. The monoisotopic (exact) mass is 237 g/mol. The van der Waals surface area contributed by atoms with Crippen molar-refractivity contribution in [2.75, 3.05) is 6.54 Å². The van der Waals surface area contributed by atoms with Crippen LogP contribution in [-0.2, 0) is 4.79 Å². The molecule has 0 bridgehead atoms. The number of likely N-dealkylation sites (tertiary alicyclic amines) is 1. The summed E-state index contributed by atoms with van der Waals surface area (Å²) in [4.78, 5) is 13.2. The molecule has 17 heavy (non-hydrogen) atoms. The number of carboxylic acids is 1. The van der Waals surface area contributed by atoms with Crippen molar-refractivity contribution in [3.63, 3.8) is 0 Å². The number of aliphatic carboxylic acids is 1. The van der Waals surface area contributed by atoms with Crippen molar-refractivity contribution < 1.29 is 9.90 Å². The summed E-state index contributed by atoms with van der Waals surface area (Å²) in [7, 11) is 0. The van der Waals surface area contributed by atoms with E-state index in [1.807, 2.05) is 6.08 Å². The van der Waals surface area contributed by atoms with E-state index in [2.05, 4.69) is 32.3 Å². The molecule has 0 spiro atoms. The van der Waals surface area contributed by atoms with Gasteiger partial charge in [0.15, 0.2) is 0 Å². The number of carbonyl (C=O) groups is 1. The maximum absolute atomic E-state index is 11.0. The van der Waals surface area contributed by atoms with Crippen molar-refractivity contribution >= 4 is 5.97 Å². The molecule has 96 valence electrons. The molecule has 0 saturated carbocycles. The van der Waals surface area contributed by atoms with Gasteiger partial charge in [-0.05, 0) is 25.7 Å². The van der Waals surface area contributed by atoms with E-state index in [9.17, 15) is 4.79 Å². The first kappa shape index (κ1) is 13.8. The molecule has 1 aliphatic rings. The Morgan fingerprint density at radius 1 is 1.53 bits per heavy atom. The van der Waals surface area contributed by atoms with Gasteiger partial charge in [-0.3, -0.25) is 0 Å². The largest absolute Gasteiger partial charge is 0.478 e. The Balaban J connectivity index is 2.95. The quantitative estimate of drug-likeness (QED) is 0.590. The second-order valence-electron chi connectivity index (χ2n) is 4.98. The van der Waals surface area contributed by atoms with Crippen LogP contribution in [0.15, 0.2) is 24.4 Å². The Hall–Kier alpha value is -1.25. The van der Waals surface area contributed by atoms with E-state index in [4.69, 9.17) is 5.11 Å². The average Bonchev–Trinajstić information content (AvgIpc) is 2.70. The fourth-order valence-corrected chi connectivity index (χ4v) is 2.39. The maximum Gasteiger partial charge on any atom is 0.330 e. The van der Waals surface area contributed by atoms with Crippen molar-refractivity contribution in [2.45, 2.75) is 39.7 Å². The Kier molecular flexibility index (Phi) is 4.79. The van der Waals surface area contributed by atoms with Gasteiger partial charge in [-0.15, -0.1) is 6.58 Å². The molecule has 1 rings (SSSR count). The number of hydrogen-bond acceptors (Lipinski definition) is 2. The summed E-state index contributed by atoms with van der Waals surface area (Å²) < 4.78 is 0. The van der Waals surface area contributed by atoms with Crippen LogP contribution < -0.4 is 0 Å². The van der Waals surface area contributed by atoms with Crippen molar-refractivity contribution in [3.8, 4) is 0 Å². The number of hydrogen-bond donors (Lipinski definition) is 1. The van der Waals surface area contributed by atoms with E-state index in [0.717, 1.165) is 25.1 Å². The summed E-state index contributed by atoms with van der Waals surface area (Å²) in [6, 6.07) is 0.445. The predicted octanol–water partition coefficient (Wildman–Crippen LogP) is 2.90. The summed E-state index contributed by atoms with van der Waals surface area (Å²) in [6.07, 6.45) is 5.55. The molecule has 1 heterocycles. The van der Waals surface area contributed by atoms with Crippen LogP contribution in [0.25, 0.3) is 0 Å². The molecule has 1 fully saturated rings. The topological polar surface area (TPSA) is 40.5 Å². The van der Waals surface area contributed by atoms with Gasteiger partial charge >= 0.3 is 5.97 Å². The summed E-state index contributed by atoms with van der Waals surface area (Å²) in [5.74, 6) is -0.375. The van der Waals surface area contributed by atoms with Crippen molar-refractivity contribution in [1.29, 1.82) is 0 Å². The molecule has 0 aromatic rings. The summed E-state index contributed by atoms with van der Waals surface area (Å²) in [5.41, 5.74) is 0.940. The fourth-order valence-electron chi connectivity index (χ4n) is 2.39. The number of carboxylic acid groups (broad SMARTS) is 1. The molecule has 0 aromatic carbocycles.